The third kappa shape index (κ3) is 4.45. The van der Waals surface area contributed by atoms with E-state index >= 15 is 0 Å². The second-order valence-corrected chi connectivity index (χ2v) is 4.57. The van der Waals surface area contributed by atoms with Crippen molar-refractivity contribution in [2.24, 2.45) is 0 Å². The van der Waals surface area contributed by atoms with Crippen molar-refractivity contribution in [3.8, 4) is 0 Å². The number of hydrogen-bond donors (Lipinski definition) is 2. The number of nitrogens with zero attached hydrogens (tertiary/aromatic N) is 3. The molecule has 0 unspecified atom stereocenters. The van der Waals surface area contributed by atoms with E-state index in [1.807, 2.05) is 13.8 Å². The topological polar surface area (TPSA) is 61.3 Å². The van der Waals surface area contributed by atoms with Crippen LogP contribution in [0.1, 0.15) is 32.4 Å². The smallest absolute Gasteiger partial charge is 0.395 e. The summed E-state index contributed by atoms with van der Waals surface area (Å²) in [6.07, 6.45) is -3.05. The van der Waals surface area contributed by atoms with E-state index in [2.05, 4.69) is 15.3 Å². The van der Waals surface area contributed by atoms with Crippen LogP contribution in [0.5, 0.6) is 0 Å². The van der Waals surface area contributed by atoms with Gasteiger partial charge in [0.05, 0.1) is 6.61 Å². The highest BCUT2D eigenvalue weighted by Crippen LogP contribution is 2.31. The molecule has 0 fully saturated rings. The van der Waals surface area contributed by atoms with Gasteiger partial charge in [0.1, 0.15) is 5.82 Å². The van der Waals surface area contributed by atoms with Gasteiger partial charge in [0.15, 0.2) is 5.69 Å². The molecule has 0 aliphatic rings. The summed E-state index contributed by atoms with van der Waals surface area (Å²) >= 11 is 0. The second kappa shape index (κ2) is 7.44. The van der Waals surface area contributed by atoms with Crippen molar-refractivity contribution in [2.75, 3.05) is 30.4 Å². The molecule has 120 valence electrons. The normalized spacial score (nSPS) is 11.8. The predicted octanol–water partition coefficient (Wildman–Crippen LogP) is 2.52. The first-order valence-corrected chi connectivity index (χ1v) is 6.88. The molecule has 8 heteroatoms. The maximum atomic E-state index is 12.9. The van der Waals surface area contributed by atoms with Crippen molar-refractivity contribution < 1.29 is 18.3 Å². The maximum absolute atomic E-state index is 12.9. The van der Waals surface area contributed by atoms with Crippen LogP contribution in [0.15, 0.2) is 6.07 Å². The van der Waals surface area contributed by atoms with Gasteiger partial charge in [-0.15, -0.1) is 0 Å². The van der Waals surface area contributed by atoms with Crippen molar-refractivity contribution in [1.29, 1.82) is 0 Å². The van der Waals surface area contributed by atoms with Gasteiger partial charge in [-0.05, 0) is 12.8 Å². The number of nitrogens with one attached hydrogen (secondary N) is 1. The van der Waals surface area contributed by atoms with Crippen molar-refractivity contribution >= 4 is 11.8 Å². The summed E-state index contributed by atoms with van der Waals surface area (Å²) in [4.78, 5) is 9.23. The summed E-state index contributed by atoms with van der Waals surface area (Å²) in [6, 6.07) is 0.937. The fraction of sp³-hybridized carbons (Fsp3) is 0.692. The third-order valence-corrected chi connectivity index (χ3v) is 3.25. The molecule has 0 aliphatic heterocycles. The Bertz CT molecular complexity index is 450. The minimum absolute atomic E-state index is 0.0119. The molecule has 5 nitrogen and oxygen atoms in total. The minimum Gasteiger partial charge on any atom is -0.395 e. The third-order valence-electron chi connectivity index (χ3n) is 3.25. The van der Waals surface area contributed by atoms with E-state index in [4.69, 9.17) is 0 Å². The lowest BCUT2D eigenvalue weighted by molar-refractivity contribution is -0.141. The fourth-order valence-electron chi connectivity index (χ4n) is 2.16. The first kappa shape index (κ1) is 17.5. The highest BCUT2D eigenvalue weighted by atomic mass is 19.4. The molecule has 0 spiro atoms. The Hall–Kier alpha value is -1.57. The van der Waals surface area contributed by atoms with E-state index in [0.29, 0.717) is 0 Å². The van der Waals surface area contributed by atoms with Crippen LogP contribution < -0.4 is 10.2 Å². The van der Waals surface area contributed by atoms with Crippen molar-refractivity contribution in [1.82, 2.24) is 9.97 Å². The van der Waals surface area contributed by atoms with Crippen molar-refractivity contribution in [3.05, 3.63) is 11.8 Å². The molecule has 0 saturated carbocycles. The number of rotatable bonds is 7. The van der Waals surface area contributed by atoms with Crippen LogP contribution in [0.4, 0.5) is 24.9 Å². The number of aliphatic hydroxyl groups excluding tert-OH is 1. The number of aromatic nitrogens is 2. The lowest BCUT2D eigenvalue weighted by atomic mass is 10.1. The minimum atomic E-state index is -4.54. The van der Waals surface area contributed by atoms with Crippen LogP contribution in [0.25, 0.3) is 0 Å². The molecular formula is C13H21F3N4O. The molecule has 0 saturated heterocycles. The molecule has 1 rings (SSSR count). The second-order valence-electron chi connectivity index (χ2n) is 4.57. The van der Waals surface area contributed by atoms with Gasteiger partial charge < -0.3 is 15.3 Å². The number of anilines is 2. The van der Waals surface area contributed by atoms with Gasteiger partial charge >= 0.3 is 6.18 Å². The van der Waals surface area contributed by atoms with E-state index in [9.17, 15) is 18.3 Å². The molecule has 2 N–H and O–H groups in total. The standard InChI is InChI=1S/C13H21F3N4O/c1-4-9(5-2)20(6-7-21)11-8-10(13(14,15)16)18-12(17-3)19-11/h8-9,21H,4-7H2,1-3H3,(H,17,18,19). The molecule has 1 aromatic rings. The lowest BCUT2D eigenvalue weighted by Gasteiger charge is -2.31. The summed E-state index contributed by atoms with van der Waals surface area (Å²) in [5.41, 5.74) is -0.995. The number of alkyl halides is 3. The first-order valence-electron chi connectivity index (χ1n) is 6.88. The molecular weight excluding hydrogens is 285 g/mol. The van der Waals surface area contributed by atoms with Gasteiger partial charge in [-0.1, -0.05) is 13.8 Å². The summed E-state index contributed by atoms with van der Waals surface area (Å²) < 4.78 is 38.7. The van der Waals surface area contributed by atoms with Crippen LogP contribution in [0.3, 0.4) is 0 Å². The van der Waals surface area contributed by atoms with Gasteiger partial charge in [0.25, 0.3) is 0 Å². The molecule has 0 atom stereocenters. The van der Waals surface area contributed by atoms with Gasteiger partial charge in [-0.3, -0.25) is 0 Å². The first-order chi connectivity index (χ1) is 9.87. The van der Waals surface area contributed by atoms with Crippen LogP contribution in [-0.2, 0) is 6.18 Å². The molecule has 0 aliphatic carbocycles. The summed E-state index contributed by atoms with van der Waals surface area (Å²) in [6.45, 7) is 3.97. The van der Waals surface area contributed by atoms with Gasteiger partial charge in [-0.25, -0.2) is 4.98 Å². The Balaban J connectivity index is 3.29. The Labute approximate surface area is 122 Å². The Morgan fingerprint density at radius 2 is 1.90 bits per heavy atom. The molecule has 0 amide bonds. The van der Waals surface area contributed by atoms with Crippen molar-refractivity contribution in [3.63, 3.8) is 0 Å². The van der Waals surface area contributed by atoms with E-state index in [1.165, 1.54) is 7.05 Å². The largest absolute Gasteiger partial charge is 0.433 e. The van der Waals surface area contributed by atoms with Gasteiger partial charge in [0, 0.05) is 25.7 Å². The van der Waals surface area contributed by atoms with E-state index in [-0.39, 0.29) is 31.0 Å². The van der Waals surface area contributed by atoms with Crippen LogP contribution in [-0.4, -0.2) is 41.3 Å². The highest BCUT2D eigenvalue weighted by molar-refractivity contribution is 5.46. The summed E-state index contributed by atoms with van der Waals surface area (Å²) in [5, 5.41) is 11.7. The van der Waals surface area contributed by atoms with E-state index in [1.54, 1.807) is 4.90 Å². The zero-order chi connectivity index (χ0) is 16.0. The summed E-state index contributed by atoms with van der Waals surface area (Å²) in [7, 11) is 1.47. The fourth-order valence-corrected chi connectivity index (χ4v) is 2.16. The number of hydrogen-bond acceptors (Lipinski definition) is 5. The van der Waals surface area contributed by atoms with Crippen LogP contribution in [0.2, 0.25) is 0 Å². The Morgan fingerprint density at radius 3 is 2.33 bits per heavy atom. The van der Waals surface area contributed by atoms with Gasteiger partial charge in [-0.2, -0.15) is 18.2 Å². The number of aliphatic hydroxyl groups is 1. The average molecular weight is 306 g/mol. The average Bonchev–Trinajstić information content (AvgIpc) is 2.46. The lowest BCUT2D eigenvalue weighted by Crippen LogP contribution is -2.37. The molecule has 0 aromatic carbocycles. The SMILES string of the molecule is CCC(CC)N(CCO)c1cc(C(F)(F)F)nc(NC)n1. The van der Waals surface area contributed by atoms with Gasteiger partial charge in [0.2, 0.25) is 5.95 Å². The van der Waals surface area contributed by atoms with Crippen molar-refractivity contribution in [2.45, 2.75) is 38.9 Å². The molecule has 21 heavy (non-hydrogen) atoms. The van der Waals surface area contributed by atoms with Crippen LogP contribution in [0, 0.1) is 0 Å². The predicted molar refractivity (Wildman–Crippen MR) is 75.4 cm³/mol. The number of halogens is 3. The molecule has 0 bridgehead atoms. The zero-order valence-corrected chi connectivity index (χ0v) is 12.4. The van der Waals surface area contributed by atoms with E-state index < -0.39 is 11.9 Å². The Kier molecular flexibility index (Phi) is 6.19. The Morgan fingerprint density at radius 1 is 1.29 bits per heavy atom. The monoisotopic (exact) mass is 306 g/mol. The highest BCUT2D eigenvalue weighted by Gasteiger charge is 2.34. The quantitative estimate of drug-likeness (QED) is 0.810. The summed E-state index contributed by atoms with van der Waals surface area (Å²) in [5.74, 6) is 0.0816. The van der Waals surface area contributed by atoms with E-state index in [0.717, 1.165) is 18.9 Å². The maximum Gasteiger partial charge on any atom is 0.433 e. The van der Waals surface area contributed by atoms with Crippen LogP contribution >= 0.6 is 0 Å². The zero-order valence-electron chi connectivity index (χ0n) is 12.4. The molecule has 1 heterocycles. The molecule has 1 aromatic heterocycles. The molecule has 0 radical (unpaired) electrons.